The first kappa shape index (κ1) is 12.4. The molecule has 2 rings (SSSR count). The molecule has 0 saturated heterocycles. The highest BCUT2D eigenvalue weighted by atomic mass is 35.5. The molecule has 0 fully saturated rings. The van der Waals surface area contributed by atoms with E-state index in [1.807, 2.05) is 18.0 Å². The molecule has 17 heavy (non-hydrogen) atoms. The molecule has 0 unspecified atom stereocenters. The van der Waals surface area contributed by atoms with Gasteiger partial charge in [0.15, 0.2) is 5.78 Å². The van der Waals surface area contributed by atoms with E-state index in [0.717, 1.165) is 5.56 Å². The number of rotatable bonds is 5. The number of hydrogen-bond donors (Lipinski definition) is 0. The molecular weight excluding hydrogens is 258 g/mol. The lowest BCUT2D eigenvalue weighted by molar-refractivity contribution is 0.0947. The first-order valence-electron chi connectivity index (χ1n) is 5.13. The van der Waals surface area contributed by atoms with Crippen LogP contribution in [0.15, 0.2) is 35.1 Å². The Hall–Kier alpha value is -1.10. The standard InChI is InChI=1S/C12H12ClNO2S/c1-14(6-9-4-5-16-8-9)7-10(15)11-2-3-12(13)17-11/h2-5,8H,6-7H2,1H3. The maximum atomic E-state index is 11.9. The zero-order valence-electron chi connectivity index (χ0n) is 9.35. The monoisotopic (exact) mass is 269 g/mol. The number of furan rings is 1. The molecule has 0 aliphatic rings. The molecule has 2 heterocycles. The predicted octanol–water partition coefficient (Wildman–Crippen LogP) is 3.31. The summed E-state index contributed by atoms with van der Waals surface area (Å²) in [5.74, 6) is 0.0906. The van der Waals surface area contributed by atoms with Crippen molar-refractivity contribution >= 4 is 28.7 Å². The number of thiophene rings is 1. The number of carbonyl (C=O) groups is 1. The van der Waals surface area contributed by atoms with Gasteiger partial charge < -0.3 is 4.42 Å². The quantitative estimate of drug-likeness (QED) is 0.781. The van der Waals surface area contributed by atoms with Gasteiger partial charge in [-0.05, 0) is 25.2 Å². The molecule has 0 saturated carbocycles. The Bertz CT molecular complexity index is 492. The van der Waals surface area contributed by atoms with Crippen LogP contribution in [0, 0.1) is 0 Å². The van der Waals surface area contributed by atoms with Crippen molar-refractivity contribution in [1.82, 2.24) is 4.90 Å². The molecule has 2 aromatic rings. The van der Waals surface area contributed by atoms with E-state index < -0.39 is 0 Å². The van der Waals surface area contributed by atoms with Crippen molar-refractivity contribution in [2.24, 2.45) is 0 Å². The number of nitrogens with zero attached hydrogens (tertiary/aromatic N) is 1. The number of halogens is 1. The second-order valence-electron chi connectivity index (χ2n) is 3.83. The minimum atomic E-state index is 0.0906. The Kier molecular flexibility index (Phi) is 3.99. The summed E-state index contributed by atoms with van der Waals surface area (Å²) in [5, 5.41) is 0. The number of ketones is 1. The van der Waals surface area contributed by atoms with Gasteiger partial charge >= 0.3 is 0 Å². The Morgan fingerprint density at radius 1 is 1.47 bits per heavy atom. The number of Topliss-reactive ketones (excluding diaryl/α,β-unsaturated/α-hetero) is 1. The summed E-state index contributed by atoms with van der Waals surface area (Å²) in [5.41, 5.74) is 1.06. The van der Waals surface area contributed by atoms with E-state index in [9.17, 15) is 4.79 Å². The third kappa shape index (κ3) is 3.43. The maximum absolute atomic E-state index is 11.9. The van der Waals surface area contributed by atoms with Gasteiger partial charge in [0, 0.05) is 12.1 Å². The minimum absolute atomic E-state index is 0.0906. The minimum Gasteiger partial charge on any atom is -0.472 e. The average molecular weight is 270 g/mol. The van der Waals surface area contributed by atoms with Gasteiger partial charge in [0.25, 0.3) is 0 Å². The molecule has 2 aromatic heterocycles. The summed E-state index contributed by atoms with van der Waals surface area (Å²) in [6, 6.07) is 5.40. The molecule has 0 bridgehead atoms. The second-order valence-corrected chi connectivity index (χ2v) is 5.55. The molecule has 0 aromatic carbocycles. The highest BCUT2D eigenvalue weighted by molar-refractivity contribution is 7.18. The molecule has 3 nitrogen and oxygen atoms in total. The van der Waals surface area contributed by atoms with E-state index in [0.29, 0.717) is 22.3 Å². The maximum Gasteiger partial charge on any atom is 0.186 e. The smallest absolute Gasteiger partial charge is 0.186 e. The summed E-state index contributed by atoms with van der Waals surface area (Å²) in [7, 11) is 1.90. The van der Waals surface area contributed by atoms with Crippen molar-refractivity contribution < 1.29 is 9.21 Å². The Morgan fingerprint density at radius 3 is 2.88 bits per heavy atom. The van der Waals surface area contributed by atoms with Crippen LogP contribution in [-0.2, 0) is 6.54 Å². The molecular formula is C12H12ClNO2S. The molecule has 0 amide bonds. The van der Waals surface area contributed by atoms with Gasteiger partial charge in [-0.15, -0.1) is 11.3 Å². The molecule has 0 atom stereocenters. The summed E-state index contributed by atoms with van der Waals surface area (Å²) in [6.07, 6.45) is 3.31. The van der Waals surface area contributed by atoms with Gasteiger partial charge in [0.1, 0.15) is 0 Å². The van der Waals surface area contributed by atoms with Crippen LogP contribution < -0.4 is 0 Å². The van der Waals surface area contributed by atoms with E-state index in [-0.39, 0.29) is 5.78 Å². The zero-order chi connectivity index (χ0) is 12.3. The number of likely N-dealkylation sites (N-methyl/N-ethyl adjacent to an activating group) is 1. The van der Waals surface area contributed by atoms with Gasteiger partial charge in [0.2, 0.25) is 0 Å². The lowest BCUT2D eigenvalue weighted by atomic mass is 10.2. The van der Waals surface area contributed by atoms with Crippen LogP contribution in [0.25, 0.3) is 0 Å². The first-order valence-corrected chi connectivity index (χ1v) is 6.33. The van der Waals surface area contributed by atoms with E-state index >= 15 is 0 Å². The Labute approximate surface area is 109 Å². The fraction of sp³-hybridized carbons (Fsp3) is 0.250. The highest BCUT2D eigenvalue weighted by Crippen LogP contribution is 2.22. The SMILES string of the molecule is CN(CC(=O)c1ccc(Cl)s1)Cc1ccoc1. The van der Waals surface area contributed by atoms with Crippen LogP contribution in [0.1, 0.15) is 15.2 Å². The molecule has 0 aliphatic carbocycles. The predicted molar refractivity (Wildman–Crippen MR) is 68.7 cm³/mol. The molecule has 0 N–H and O–H groups in total. The zero-order valence-corrected chi connectivity index (χ0v) is 10.9. The van der Waals surface area contributed by atoms with Crippen molar-refractivity contribution in [2.45, 2.75) is 6.54 Å². The highest BCUT2D eigenvalue weighted by Gasteiger charge is 2.12. The lowest BCUT2D eigenvalue weighted by Crippen LogP contribution is -2.24. The fourth-order valence-corrected chi connectivity index (χ4v) is 2.51. The van der Waals surface area contributed by atoms with E-state index in [1.165, 1.54) is 11.3 Å². The third-order valence-electron chi connectivity index (χ3n) is 2.29. The largest absolute Gasteiger partial charge is 0.472 e. The van der Waals surface area contributed by atoms with Crippen LogP contribution in [0.2, 0.25) is 4.34 Å². The molecule has 0 spiro atoms. The van der Waals surface area contributed by atoms with Crippen molar-refractivity contribution in [3.05, 3.63) is 45.5 Å². The van der Waals surface area contributed by atoms with E-state index in [2.05, 4.69) is 0 Å². The van der Waals surface area contributed by atoms with E-state index in [1.54, 1.807) is 24.7 Å². The first-order chi connectivity index (χ1) is 8.15. The molecule has 5 heteroatoms. The van der Waals surface area contributed by atoms with Gasteiger partial charge in [-0.25, -0.2) is 0 Å². The summed E-state index contributed by atoms with van der Waals surface area (Å²) in [6.45, 7) is 1.07. The number of hydrogen-bond acceptors (Lipinski definition) is 4. The normalized spacial score (nSPS) is 11.0. The van der Waals surface area contributed by atoms with Crippen molar-refractivity contribution in [3.63, 3.8) is 0 Å². The molecule has 0 radical (unpaired) electrons. The van der Waals surface area contributed by atoms with E-state index in [4.69, 9.17) is 16.0 Å². The van der Waals surface area contributed by atoms with Gasteiger partial charge in [-0.3, -0.25) is 9.69 Å². The number of carbonyl (C=O) groups excluding carboxylic acids is 1. The average Bonchev–Trinajstić information content (AvgIpc) is 2.89. The molecule has 0 aliphatic heterocycles. The third-order valence-corrected chi connectivity index (χ3v) is 3.57. The summed E-state index contributed by atoms with van der Waals surface area (Å²) >= 11 is 7.11. The van der Waals surface area contributed by atoms with Crippen LogP contribution >= 0.6 is 22.9 Å². The molecule has 90 valence electrons. The summed E-state index contributed by atoms with van der Waals surface area (Å²) < 4.78 is 5.63. The lowest BCUT2D eigenvalue weighted by Gasteiger charge is -2.13. The van der Waals surface area contributed by atoms with Gasteiger partial charge in [-0.1, -0.05) is 11.6 Å². The van der Waals surface area contributed by atoms with Crippen LogP contribution in [0.3, 0.4) is 0 Å². The fourth-order valence-electron chi connectivity index (χ4n) is 1.54. The second kappa shape index (κ2) is 5.49. The summed E-state index contributed by atoms with van der Waals surface area (Å²) in [4.78, 5) is 14.5. The van der Waals surface area contributed by atoms with Gasteiger partial charge in [-0.2, -0.15) is 0 Å². The van der Waals surface area contributed by atoms with Crippen LogP contribution in [0.4, 0.5) is 0 Å². The van der Waals surface area contributed by atoms with Crippen LogP contribution in [-0.4, -0.2) is 24.3 Å². The Balaban J connectivity index is 1.90. The van der Waals surface area contributed by atoms with Crippen molar-refractivity contribution in [2.75, 3.05) is 13.6 Å². The van der Waals surface area contributed by atoms with Gasteiger partial charge in [0.05, 0.1) is 28.3 Å². The Morgan fingerprint density at radius 2 is 2.29 bits per heavy atom. The van der Waals surface area contributed by atoms with Crippen LogP contribution in [0.5, 0.6) is 0 Å². The topological polar surface area (TPSA) is 33.5 Å². The van der Waals surface area contributed by atoms with Crippen molar-refractivity contribution in [3.8, 4) is 0 Å². The van der Waals surface area contributed by atoms with Crippen molar-refractivity contribution in [1.29, 1.82) is 0 Å².